The Bertz CT molecular complexity index is 1070. The van der Waals surface area contributed by atoms with E-state index in [1.165, 1.54) is 26.1 Å². The molecule has 2 aromatic rings. The van der Waals surface area contributed by atoms with Crippen molar-refractivity contribution in [3.63, 3.8) is 0 Å². The number of alkyl halides is 6. The van der Waals surface area contributed by atoms with Gasteiger partial charge in [0.1, 0.15) is 0 Å². The van der Waals surface area contributed by atoms with Gasteiger partial charge >= 0.3 is 12.2 Å². The predicted octanol–water partition coefficient (Wildman–Crippen LogP) is 5.62. The Balaban J connectivity index is 2.11. The van der Waals surface area contributed by atoms with E-state index in [1.54, 1.807) is 30.3 Å². The number of urea groups is 1. The van der Waals surface area contributed by atoms with Crippen molar-refractivity contribution in [3.05, 3.63) is 59.7 Å². The van der Waals surface area contributed by atoms with Crippen LogP contribution in [0.4, 0.5) is 29.3 Å². The molecule has 0 aliphatic carbocycles. The van der Waals surface area contributed by atoms with E-state index in [0.717, 1.165) is 15.9 Å². The van der Waals surface area contributed by atoms with Gasteiger partial charge < -0.3 is 5.32 Å². The number of para-hydroxylation sites is 1. The first kappa shape index (κ1) is 24.2. The summed E-state index contributed by atoms with van der Waals surface area (Å²) in [5.74, 6) is -1.21. The molecule has 3 rings (SSSR count). The zero-order chi connectivity index (χ0) is 23.8. The number of aryl methyl sites for hydroxylation is 1. The van der Waals surface area contributed by atoms with E-state index in [9.17, 15) is 22.8 Å². The first-order valence-corrected chi connectivity index (χ1v) is 10.2. The number of hydrogen-bond acceptors (Lipinski definition) is 4. The van der Waals surface area contributed by atoms with E-state index >= 15 is 0 Å². The third-order valence-electron chi connectivity index (χ3n) is 4.61. The highest BCUT2D eigenvalue weighted by atomic mass is 35.6. The van der Waals surface area contributed by atoms with Crippen molar-refractivity contribution in [1.29, 1.82) is 0 Å². The van der Waals surface area contributed by atoms with E-state index < -0.39 is 45.2 Å². The number of hydrogen-bond donors (Lipinski definition) is 1. The summed E-state index contributed by atoms with van der Waals surface area (Å²) >= 11 is 18.0. The SMILES string of the molecule is Cc1cccc(NC(/N=C2\C(=O)N(C)C(=O)N2c2ccccc2)C(Cl)(Cl)Cl)c1C(F)(F)F. The number of nitrogens with zero attached hydrogens (tertiary/aromatic N) is 3. The lowest BCUT2D eigenvalue weighted by Gasteiger charge is -2.26. The minimum absolute atomic E-state index is 0.0593. The number of aliphatic imine (C=N–C) groups is 1. The van der Waals surface area contributed by atoms with Crippen LogP contribution in [0.1, 0.15) is 11.1 Å². The number of nitrogens with one attached hydrogen (secondary N) is 1. The number of imide groups is 1. The molecule has 170 valence electrons. The fourth-order valence-electron chi connectivity index (χ4n) is 3.12. The molecule has 1 heterocycles. The topological polar surface area (TPSA) is 65.0 Å². The summed E-state index contributed by atoms with van der Waals surface area (Å²) in [7, 11) is 1.24. The quantitative estimate of drug-likeness (QED) is 0.432. The van der Waals surface area contributed by atoms with Crippen LogP contribution >= 0.6 is 34.8 Å². The van der Waals surface area contributed by atoms with E-state index in [-0.39, 0.29) is 5.56 Å². The van der Waals surface area contributed by atoms with Crippen LogP contribution < -0.4 is 10.2 Å². The molecule has 12 heteroatoms. The molecular weight excluding hydrogens is 492 g/mol. The van der Waals surface area contributed by atoms with Gasteiger partial charge in [0, 0.05) is 12.7 Å². The summed E-state index contributed by atoms with van der Waals surface area (Å²) in [6, 6.07) is 11.2. The third kappa shape index (κ3) is 4.79. The Hall–Kier alpha value is -2.49. The number of halogens is 6. The lowest BCUT2D eigenvalue weighted by Crippen LogP contribution is -2.38. The normalized spacial score (nSPS) is 17.3. The Morgan fingerprint density at radius 3 is 2.19 bits per heavy atom. The molecule has 0 saturated carbocycles. The van der Waals surface area contributed by atoms with Gasteiger partial charge in [0.05, 0.1) is 11.3 Å². The third-order valence-corrected chi connectivity index (χ3v) is 5.23. The van der Waals surface area contributed by atoms with Gasteiger partial charge in [0.15, 0.2) is 6.17 Å². The molecule has 0 aromatic heterocycles. The lowest BCUT2D eigenvalue weighted by molar-refractivity contribution is -0.137. The first-order chi connectivity index (χ1) is 14.8. The van der Waals surface area contributed by atoms with Crippen molar-refractivity contribution in [2.24, 2.45) is 4.99 Å². The molecule has 1 atom stereocenters. The monoisotopic (exact) mass is 506 g/mol. The first-order valence-electron chi connectivity index (χ1n) is 9.07. The summed E-state index contributed by atoms with van der Waals surface area (Å²) < 4.78 is 38.6. The van der Waals surface area contributed by atoms with Gasteiger partial charge in [0.2, 0.25) is 9.63 Å². The van der Waals surface area contributed by atoms with Gasteiger partial charge in [0.25, 0.3) is 5.91 Å². The summed E-state index contributed by atoms with van der Waals surface area (Å²) in [6.07, 6.45) is -6.34. The average molecular weight is 508 g/mol. The smallest absolute Gasteiger partial charge is 0.360 e. The molecule has 0 bridgehead atoms. The fraction of sp³-hybridized carbons (Fsp3) is 0.250. The van der Waals surface area contributed by atoms with Crippen LogP contribution in [-0.2, 0) is 11.0 Å². The molecule has 0 radical (unpaired) electrons. The Morgan fingerprint density at radius 2 is 1.62 bits per heavy atom. The van der Waals surface area contributed by atoms with Crippen LogP contribution in [0.5, 0.6) is 0 Å². The van der Waals surface area contributed by atoms with E-state index in [0.29, 0.717) is 5.69 Å². The van der Waals surface area contributed by atoms with Gasteiger partial charge in [-0.2, -0.15) is 13.2 Å². The number of amidine groups is 1. The van der Waals surface area contributed by atoms with E-state index in [4.69, 9.17) is 34.8 Å². The number of amides is 3. The molecule has 1 fully saturated rings. The summed E-state index contributed by atoms with van der Waals surface area (Å²) in [6.45, 7) is 1.29. The second kappa shape index (κ2) is 8.80. The second-order valence-corrected chi connectivity index (χ2v) is 9.22. The van der Waals surface area contributed by atoms with Gasteiger partial charge in [-0.1, -0.05) is 65.1 Å². The molecule has 0 spiro atoms. The number of anilines is 2. The minimum Gasteiger partial charge on any atom is -0.360 e. The lowest BCUT2D eigenvalue weighted by atomic mass is 10.1. The Kier molecular flexibility index (Phi) is 6.65. The van der Waals surface area contributed by atoms with Crippen molar-refractivity contribution in [2.75, 3.05) is 17.3 Å². The molecule has 6 nitrogen and oxygen atoms in total. The van der Waals surface area contributed by atoms with Gasteiger partial charge in [-0.3, -0.25) is 9.69 Å². The predicted molar refractivity (Wildman–Crippen MR) is 118 cm³/mol. The van der Waals surface area contributed by atoms with Crippen molar-refractivity contribution >= 4 is 64.0 Å². The summed E-state index contributed by atoms with van der Waals surface area (Å²) in [5.41, 5.74) is -1.11. The Morgan fingerprint density at radius 1 is 1.00 bits per heavy atom. The molecule has 1 unspecified atom stereocenters. The molecular formula is C20H16Cl3F3N4O2. The van der Waals surface area contributed by atoms with Crippen molar-refractivity contribution in [1.82, 2.24) is 4.90 Å². The van der Waals surface area contributed by atoms with E-state index in [1.807, 2.05) is 0 Å². The standard InChI is InChI=1S/C20H16Cl3F3N4O2/c1-11-7-6-10-13(14(11)20(24,25)26)27-17(19(21,22)23)28-15-16(31)29(2)18(32)30(15)12-8-4-3-5-9-12/h3-10,17,27H,1-2H3/b28-15+. The van der Waals surface area contributed by atoms with Gasteiger partial charge in [-0.25, -0.2) is 14.7 Å². The van der Waals surface area contributed by atoms with Crippen molar-refractivity contribution < 1.29 is 22.8 Å². The van der Waals surface area contributed by atoms with E-state index in [2.05, 4.69) is 10.3 Å². The van der Waals surface area contributed by atoms with Crippen LogP contribution in [0, 0.1) is 6.92 Å². The average Bonchev–Trinajstić information content (AvgIpc) is 2.90. The zero-order valence-electron chi connectivity index (χ0n) is 16.6. The van der Waals surface area contributed by atoms with Crippen LogP contribution in [-0.4, -0.2) is 39.7 Å². The number of benzene rings is 2. The molecule has 1 aliphatic rings. The maximum absolute atomic E-state index is 13.6. The highest BCUT2D eigenvalue weighted by Crippen LogP contribution is 2.40. The number of carbonyl (C=O) groups is 2. The van der Waals surface area contributed by atoms with Gasteiger partial charge in [-0.15, -0.1) is 0 Å². The zero-order valence-corrected chi connectivity index (χ0v) is 18.9. The van der Waals surface area contributed by atoms with Crippen molar-refractivity contribution in [3.8, 4) is 0 Å². The largest absolute Gasteiger partial charge is 0.418 e. The van der Waals surface area contributed by atoms with Crippen LogP contribution in [0.15, 0.2) is 53.5 Å². The molecule has 1 aliphatic heterocycles. The second-order valence-electron chi connectivity index (χ2n) is 6.85. The summed E-state index contributed by atoms with van der Waals surface area (Å²) in [5, 5.41) is 2.47. The Labute approximate surface area is 196 Å². The molecule has 1 N–H and O–H groups in total. The van der Waals surface area contributed by atoms with Crippen LogP contribution in [0.2, 0.25) is 0 Å². The molecule has 3 amide bonds. The van der Waals surface area contributed by atoms with Crippen molar-refractivity contribution in [2.45, 2.75) is 23.1 Å². The number of carbonyl (C=O) groups excluding carboxylic acids is 2. The molecule has 32 heavy (non-hydrogen) atoms. The highest BCUT2D eigenvalue weighted by molar-refractivity contribution is 6.68. The summed E-state index contributed by atoms with van der Waals surface area (Å²) in [4.78, 5) is 31.2. The molecule has 2 aromatic carbocycles. The van der Waals surface area contributed by atoms with Crippen LogP contribution in [0.3, 0.4) is 0 Å². The van der Waals surface area contributed by atoms with Crippen LogP contribution in [0.25, 0.3) is 0 Å². The number of rotatable bonds is 4. The van der Waals surface area contributed by atoms with Gasteiger partial charge in [-0.05, 0) is 30.7 Å². The highest BCUT2D eigenvalue weighted by Gasteiger charge is 2.44. The fourth-order valence-corrected chi connectivity index (χ4v) is 3.43. The minimum atomic E-state index is -4.70. The molecule has 1 saturated heterocycles. The number of likely N-dealkylation sites (N-methyl/N-ethyl adjacent to an activating group) is 1. The maximum Gasteiger partial charge on any atom is 0.418 e. The maximum atomic E-state index is 13.6.